The van der Waals surface area contributed by atoms with Crippen LogP contribution in [0.4, 0.5) is 22.0 Å². The number of fused-ring (bicyclic) bond motifs is 1. The number of benzene rings is 2. The maximum absolute atomic E-state index is 13.5. The summed E-state index contributed by atoms with van der Waals surface area (Å²) in [5, 5.41) is 2.87. The van der Waals surface area contributed by atoms with Gasteiger partial charge in [-0.05, 0) is 56.2 Å². The normalized spacial score (nSPS) is 11.0. The predicted molar refractivity (Wildman–Crippen MR) is 135 cm³/mol. The number of esters is 1. The van der Waals surface area contributed by atoms with Gasteiger partial charge in [-0.15, -0.1) is 0 Å². The summed E-state index contributed by atoms with van der Waals surface area (Å²) in [6, 6.07) is 11.3. The molecule has 0 spiro atoms. The van der Waals surface area contributed by atoms with Gasteiger partial charge in [-0.25, -0.2) is 8.78 Å². The molecule has 1 amide bonds. The zero-order valence-electron chi connectivity index (χ0n) is 21.4. The fourth-order valence-corrected chi connectivity index (χ4v) is 3.66. The first-order valence-corrected chi connectivity index (χ1v) is 11.5. The van der Waals surface area contributed by atoms with Crippen LogP contribution in [-0.2, 0) is 15.7 Å². The van der Waals surface area contributed by atoms with Crippen molar-refractivity contribution < 1.29 is 36.3 Å². The molecule has 0 aliphatic carbocycles. The van der Waals surface area contributed by atoms with Gasteiger partial charge in [-0.2, -0.15) is 13.2 Å². The van der Waals surface area contributed by atoms with Gasteiger partial charge >= 0.3 is 12.1 Å². The Morgan fingerprint density at radius 1 is 0.949 bits per heavy atom. The van der Waals surface area contributed by atoms with Crippen LogP contribution in [0.15, 0.2) is 54.7 Å². The lowest BCUT2D eigenvalue weighted by Crippen LogP contribution is -2.31. The summed E-state index contributed by atoms with van der Waals surface area (Å²) in [5.74, 6) is -3.67. The Balaban J connectivity index is 0.000000231. The van der Waals surface area contributed by atoms with Crippen LogP contribution in [0.1, 0.15) is 32.7 Å². The fraction of sp³-hybridized carbons (Fsp3) is 0.214. The van der Waals surface area contributed by atoms with E-state index in [1.807, 2.05) is 18.3 Å². The quantitative estimate of drug-likeness (QED) is 0.247. The topological polar surface area (TPSA) is 81.2 Å². The first kappa shape index (κ1) is 29.2. The minimum absolute atomic E-state index is 0.0655. The predicted octanol–water partition coefficient (Wildman–Crippen LogP) is 6.11. The van der Waals surface area contributed by atoms with Crippen molar-refractivity contribution in [2.45, 2.75) is 26.9 Å². The van der Waals surface area contributed by atoms with Gasteiger partial charge in [0.05, 0.1) is 23.9 Å². The molecular weight excluding hydrogens is 521 g/mol. The number of carbonyl (C=O) groups excluding carboxylic acids is 2. The molecule has 1 N–H and O–H groups in total. The summed E-state index contributed by atoms with van der Waals surface area (Å²) >= 11 is 0. The molecule has 0 unspecified atom stereocenters. The number of hydrogen-bond donors (Lipinski definition) is 1. The van der Waals surface area contributed by atoms with Gasteiger partial charge < -0.3 is 10.1 Å². The van der Waals surface area contributed by atoms with Crippen LogP contribution in [0.5, 0.6) is 0 Å². The number of nitrogens with one attached hydrogen (secondary N) is 1. The highest BCUT2D eigenvalue weighted by atomic mass is 19.4. The number of pyridine rings is 2. The molecule has 0 fully saturated rings. The lowest BCUT2D eigenvalue weighted by molar-refractivity contribution is -0.139. The second-order valence-corrected chi connectivity index (χ2v) is 8.47. The highest BCUT2D eigenvalue weighted by Crippen LogP contribution is 2.39. The van der Waals surface area contributed by atoms with Crippen LogP contribution < -0.4 is 5.32 Å². The standard InChI is InChI=1S/C18H15F3N2.C10H9F2NO3/c1-10-6-7-14(16-13(10)5-4-8-22-16)17-15(18(19,20)21)9-11(2)12(3)23-17;1-16-8(14)5-13-10(15)9-6(11)3-2-4-7(9)12/h4-9H,1-3H3;2-4H,5H2,1H3,(H,13,15). The largest absolute Gasteiger partial charge is 0.468 e. The van der Waals surface area contributed by atoms with Crippen molar-refractivity contribution in [1.29, 1.82) is 0 Å². The number of aromatic nitrogens is 2. The number of alkyl halides is 3. The van der Waals surface area contributed by atoms with Crippen molar-refractivity contribution in [2.75, 3.05) is 13.7 Å². The molecule has 2 aromatic heterocycles. The highest BCUT2D eigenvalue weighted by Gasteiger charge is 2.35. The van der Waals surface area contributed by atoms with Gasteiger partial charge in [0.1, 0.15) is 23.7 Å². The van der Waals surface area contributed by atoms with E-state index in [2.05, 4.69) is 14.7 Å². The summed E-state index contributed by atoms with van der Waals surface area (Å²) < 4.78 is 70.8. The van der Waals surface area contributed by atoms with Crippen LogP contribution in [0, 0.1) is 32.4 Å². The van der Waals surface area contributed by atoms with E-state index >= 15 is 0 Å². The Labute approximate surface area is 220 Å². The molecule has 0 aliphatic rings. The molecule has 0 bridgehead atoms. The van der Waals surface area contributed by atoms with E-state index < -0.39 is 47.4 Å². The summed E-state index contributed by atoms with van der Waals surface area (Å²) in [6.45, 7) is 4.81. The minimum atomic E-state index is -4.47. The molecule has 11 heteroatoms. The molecule has 4 rings (SSSR count). The van der Waals surface area contributed by atoms with E-state index in [1.165, 1.54) is 0 Å². The Morgan fingerprint density at radius 2 is 1.62 bits per heavy atom. The first-order valence-electron chi connectivity index (χ1n) is 11.5. The monoisotopic (exact) mass is 545 g/mol. The number of hydrogen-bond acceptors (Lipinski definition) is 5. The molecule has 39 heavy (non-hydrogen) atoms. The summed E-state index contributed by atoms with van der Waals surface area (Å²) in [5.41, 5.74) is 1.50. The maximum atomic E-state index is 13.5. The third kappa shape index (κ3) is 6.73. The van der Waals surface area contributed by atoms with E-state index in [1.54, 1.807) is 38.2 Å². The molecule has 204 valence electrons. The Morgan fingerprint density at radius 3 is 2.23 bits per heavy atom. The number of amides is 1. The average molecular weight is 546 g/mol. The number of carbonyl (C=O) groups is 2. The van der Waals surface area contributed by atoms with Gasteiger partial charge in [0.2, 0.25) is 0 Å². The SMILES string of the molecule is COC(=O)CNC(=O)c1c(F)cccc1F.Cc1cc(C(F)(F)F)c(-c2ccc(C)c3cccnc23)nc1C. The number of nitrogens with zero attached hydrogens (tertiary/aromatic N) is 2. The van der Waals surface area contributed by atoms with E-state index in [4.69, 9.17) is 0 Å². The van der Waals surface area contributed by atoms with Crippen LogP contribution in [-0.4, -0.2) is 35.5 Å². The maximum Gasteiger partial charge on any atom is 0.418 e. The number of halogens is 5. The Bertz CT molecular complexity index is 1520. The van der Waals surface area contributed by atoms with Crippen molar-refractivity contribution in [3.63, 3.8) is 0 Å². The van der Waals surface area contributed by atoms with Crippen LogP contribution >= 0.6 is 0 Å². The van der Waals surface area contributed by atoms with E-state index in [9.17, 15) is 31.5 Å². The van der Waals surface area contributed by atoms with E-state index in [-0.39, 0.29) is 5.69 Å². The molecule has 6 nitrogen and oxygen atoms in total. The zero-order chi connectivity index (χ0) is 28.9. The minimum Gasteiger partial charge on any atom is -0.468 e. The number of methoxy groups -OCH3 is 1. The van der Waals surface area contributed by atoms with Crippen molar-refractivity contribution in [2.24, 2.45) is 0 Å². The van der Waals surface area contributed by atoms with Crippen molar-refractivity contribution in [1.82, 2.24) is 15.3 Å². The van der Waals surface area contributed by atoms with Crippen molar-refractivity contribution in [3.8, 4) is 11.3 Å². The zero-order valence-corrected chi connectivity index (χ0v) is 21.4. The number of rotatable bonds is 4. The lowest BCUT2D eigenvalue weighted by atomic mass is 9.98. The van der Waals surface area contributed by atoms with Gasteiger partial charge in [0, 0.05) is 22.8 Å². The second kappa shape index (κ2) is 12.0. The van der Waals surface area contributed by atoms with Gasteiger partial charge in [0.25, 0.3) is 5.91 Å². The van der Waals surface area contributed by atoms with Crippen molar-refractivity contribution in [3.05, 3.63) is 94.3 Å². The fourth-order valence-electron chi connectivity index (χ4n) is 3.66. The summed E-state index contributed by atoms with van der Waals surface area (Å²) in [6.07, 6.45) is -2.88. The van der Waals surface area contributed by atoms with Crippen LogP contribution in [0.3, 0.4) is 0 Å². The highest BCUT2D eigenvalue weighted by molar-refractivity contribution is 5.96. The average Bonchev–Trinajstić information content (AvgIpc) is 2.89. The summed E-state index contributed by atoms with van der Waals surface area (Å²) in [7, 11) is 1.14. The van der Waals surface area contributed by atoms with Gasteiger partial charge in [0.15, 0.2) is 0 Å². The molecular formula is C28H24F5N3O3. The Kier molecular flexibility index (Phi) is 8.95. The molecule has 0 radical (unpaired) electrons. The lowest BCUT2D eigenvalue weighted by Gasteiger charge is -2.16. The van der Waals surface area contributed by atoms with Crippen LogP contribution in [0.25, 0.3) is 22.2 Å². The number of ether oxygens (including phenoxy) is 1. The molecule has 4 aromatic rings. The van der Waals surface area contributed by atoms with E-state index in [0.717, 1.165) is 42.3 Å². The van der Waals surface area contributed by atoms with Gasteiger partial charge in [-0.3, -0.25) is 19.6 Å². The number of aryl methyl sites for hydroxylation is 3. The molecule has 0 atom stereocenters. The Hall–Kier alpha value is -4.41. The molecule has 0 saturated carbocycles. The molecule has 2 heterocycles. The smallest absolute Gasteiger partial charge is 0.418 e. The first-order chi connectivity index (χ1) is 18.3. The second-order valence-electron chi connectivity index (χ2n) is 8.47. The van der Waals surface area contributed by atoms with E-state index in [0.29, 0.717) is 22.3 Å². The third-order valence-corrected chi connectivity index (χ3v) is 5.83. The third-order valence-electron chi connectivity index (χ3n) is 5.83. The van der Waals surface area contributed by atoms with Crippen molar-refractivity contribution >= 4 is 22.8 Å². The molecule has 0 saturated heterocycles. The molecule has 0 aliphatic heterocycles. The molecule has 2 aromatic carbocycles. The van der Waals surface area contributed by atoms with Crippen LogP contribution in [0.2, 0.25) is 0 Å². The summed E-state index contributed by atoms with van der Waals surface area (Å²) in [4.78, 5) is 30.5. The van der Waals surface area contributed by atoms with Gasteiger partial charge in [-0.1, -0.05) is 24.3 Å².